The summed E-state index contributed by atoms with van der Waals surface area (Å²) in [5.41, 5.74) is 3.49. The van der Waals surface area contributed by atoms with Crippen LogP contribution in [0, 0.1) is 5.41 Å². The second-order valence-electron chi connectivity index (χ2n) is 7.56. The number of rotatable bonds is 3. The van der Waals surface area contributed by atoms with Crippen LogP contribution in [0.3, 0.4) is 0 Å². The quantitative estimate of drug-likeness (QED) is 0.730. The monoisotopic (exact) mass is 334 g/mol. The van der Waals surface area contributed by atoms with Crippen molar-refractivity contribution in [1.82, 2.24) is 20.0 Å². The van der Waals surface area contributed by atoms with E-state index in [1.165, 1.54) is 25.7 Å². The molecule has 5 rings (SSSR count). The molecule has 1 saturated heterocycles. The fraction of sp³-hybridized carbons (Fsp3) is 0.450. The van der Waals surface area contributed by atoms with E-state index in [9.17, 15) is 0 Å². The van der Waals surface area contributed by atoms with E-state index in [0.717, 1.165) is 41.7 Å². The van der Waals surface area contributed by atoms with Gasteiger partial charge in [-0.1, -0.05) is 23.8 Å². The maximum atomic E-state index is 6.12. The van der Waals surface area contributed by atoms with Gasteiger partial charge in [0.25, 0.3) is 0 Å². The molecule has 2 aliphatic rings. The van der Waals surface area contributed by atoms with Crippen molar-refractivity contribution in [2.75, 3.05) is 6.61 Å². The van der Waals surface area contributed by atoms with Crippen molar-refractivity contribution in [3.63, 3.8) is 0 Å². The van der Waals surface area contributed by atoms with Crippen LogP contribution >= 0.6 is 0 Å². The predicted octanol–water partition coefficient (Wildman–Crippen LogP) is 3.84. The van der Waals surface area contributed by atoms with Crippen molar-refractivity contribution in [3.8, 4) is 11.3 Å². The third kappa shape index (κ3) is 2.82. The molecule has 1 aliphatic heterocycles. The zero-order valence-corrected chi connectivity index (χ0v) is 14.3. The van der Waals surface area contributed by atoms with Crippen LogP contribution in [-0.2, 0) is 11.3 Å². The van der Waals surface area contributed by atoms with Crippen LogP contribution < -0.4 is 0 Å². The predicted molar refractivity (Wildman–Crippen MR) is 96.0 cm³/mol. The SMILES string of the molecule is c1cnc2ccc(-c3cn(CC4CCC5(CCC5)CO4)nn3)cc2c1. The summed E-state index contributed by atoms with van der Waals surface area (Å²) in [6.45, 7) is 1.72. The van der Waals surface area contributed by atoms with Crippen LogP contribution in [0.4, 0.5) is 0 Å². The molecular weight excluding hydrogens is 312 g/mol. The number of pyridine rings is 1. The van der Waals surface area contributed by atoms with Gasteiger partial charge in [0, 0.05) is 17.1 Å². The van der Waals surface area contributed by atoms with Gasteiger partial charge in [-0.05, 0) is 49.3 Å². The molecule has 5 heteroatoms. The van der Waals surface area contributed by atoms with E-state index in [0.29, 0.717) is 5.41 Å². The van der Waals surface area contributed by atoms with Gasteiger partial charge in [0.05, 0.1) is 31.0 Å². The Morgan fingerprint density at radius 1 is 1.20 bits per heavy atom. The summed E-state index contributed by atoms with van der Waals surface area (Å²) in [5, 5.41) is 9.78. The van der Waals surface area contributed by atoms with Crippen molar-refractivity contribution in [1.29, 1.82) is 0 Å². The number of ether oxygens (including phenoxy) is 1. The van der Waals surface area contributed by atoms with E-state index in [1.807, 2.05) is 29.2 Å². The molecule has 3 aromatic rings. The second kappa shape index (κ2) is 5.92. The minimum Gasteiger partial charge on any atom is -0.376 e. The van der Waals surface area contributed by atoms with Gasteiger partial charge in [0.15, 0.2) is 0 Å². The van der Waals surface area contributed by atoms with Crippen LogP contribution in [0.1, 0.15) is 32.1 Å². The normalized spacial score (nSPS) is 22.2. The summed E-state index contributed by atoms with van der Waals surface area (Å²) in [6, 6.07) is 10.2. The van der Waals surface area contributed by atoms with E-state index in [1.54, 1.807) is 0 Å². The molecule has 1 saturated carbocycles. The Morgan fingerprint density at radius 2 is 2.16 bits per heavy atom. The van der Waals surface area contributed by atoms with E-state index >= 15 is 0 Å². The summed E-state index contributed by atoms with van der Waals surface area (Å²) in [5.74, 6) is 0. The van der Waals surface area contributed by atoms with Crippen LogP contribution in [-0.4, -0.2) is 32.7 Å². The van der Waals surface area contributed by atoms with Gasteiger partial charge < -0.3 is 4.74 Å². The Balaban J connectivity index is 1.29. The molecule has 0 N–H and O–H groups in total. The summed E-state index contributed by atoms with van der Waals surface area (Å²) in [6.07, 6.45) is 10.6. The molecule has 128 valence electrons. The molecule has 3 heterocycles. The zero-order chi connectivity index (χ0) is 16.7. The molecule has 1 atom stereocenters. The van der Waals surface area contributed by atoms with Crippen molar-refractivity contribution in [2.45, 2.75) is 44.8 Å². The lowest BCUT2D eigenvalue weighted by Crippen LogP contribution is -2.42. The van der Waals surface area contributed by atoms with Gasteiger partial charge in [-0.15, -0.1) is 5.10 Å². The average Bonchev–Trinajstić information content (AvgIpc) is 3.09. The molecule has 25 heavy (non-hydrogen) atoms. The topological polar surface area (TPSA) is 52.8 Å². The first-order chi connectivity index (χ1) is 12.3. The third-order valence-corrected chi connectivity index (χ3v) is 5.86. The van der Waals surface area contributed by atoms with Gasteiger partial charge in [0.2, 0.25) is 0 Å². The Hall–Kier alpha value is -2.27. The Kier molecular flexibility index (Phi) is 3.55. The molecule has 0 amide bonds. The zero-order valence-electron chi connectivity index (χ0n) is 14.3. The first kappa shape index (κ1) is 15.0. The van der Waals surface area contributed by atoms with E-state index < -0.39 is 0 Å². The fourth-order valence-electron chi connectivity index (χ4n) is 4.10. The lowest BCUT2D eigenvalue weighted by molar-refractivity contribution is -0.102. The summed E-state index contributed by atoms with van der Waals surface area (Å²) in [7, 11) is 0. The lowest BCUT2D eigenvalue weighted by atomic mass is 9.65. The van der Waals surface area contributed by atoms with Crippen LogP contribution in [0.2, 0.25) is 0 Å². The van der Waals surface area contributed by atoms with Crippen LogP contribution in [0.15, 0.2) is 42.7 Å². The smallest absolute Gasteiger partial charge is 0.113 e. The van der Waals surface area contributed by atoms with Crippen LogP contribution in [0.25, 0.3) is 22.2 Å². The second-order valence-corrected chi connectivity index (χ2v) is 7.56. The molecule has 2 aromatic heterocycles. The van der Waals surface area contributed by atoms with Crippen molar-refractivity contribution < 1.29 is 4.74 Å². The first-order valence-electron chi connectivity index (χ1n) is 9.17. The van der Waals surface area contributed by atoms with Gasteiger partial charge in [-0.3, -0.25) is 4.98 Å². The number of hydrogen-bond donors (Lipinski definition) is 0. The maximum Gasteiger partial charge on any atom is 0.113 e. The highest BCUT2D eigenvalue weighted by Crippen LogP contribution is 2.47. The molecular formula is C20H22N4O. The van der Waals surface area contributed by atoms with Crippen LogP contribution in [0.5, 0.6) is 0 Å². The Bertz CT molecular complexity index is 889. The maximum absolute atomic E-state index is 6.12. The van der Waals surface area contributed by atoms with E-state index in [-0.39, 0.29) is 6.10 Å². The van der Waals surface area contributed by atoms with Crippen molar-refractivity contribution in [2.24, 2.45) is 5.41 Å². The summed E-state index contributed by atoms with van der Waals surface area (Å²) < 4.78 is 8.04. The average molecular weight is 334 g/mol. The Morgan fingerprint density at radius 3 is 2.96 bits per heavy atom. The highest BCUT2D eigenvalue weighted by Gasteiger charge is 2.40. The van der Waals surface area contributed by atoms with Gasteiger partial charge in [-0.2, -0.15) is 0 Å². The molecule has 0 bridgehead atoms. The van der Waals surface area contributed by atoms with E-state index in [4.69, 9.17) is 4.74 Å². The largest absolute Gasteiger partial charge is 0.376 e. The summed E-state index contributed by atoms with van der Waals surface area (Å²) >= 11 is 0. The van der Waals surface area contributed by atoms with Crippen molar-refractivity contribution >= 4 is 10.9 Å². The molecule has 1 unspecified atom stereocenters. The number of hydrogen-bond acceptors (Lipinski definition) is 4. The minimum atomic E-state index is 0.265. The summed E-state index contributed by atoms with van der Waals surface area (Å²) in [4.78, 5) is 4.36. The highest BCUT2D eigenvalue weighted by molar-refractivity contribution is 5.83. The minimum absolute atomic E-state index is 0.265. The molecule has 1 aliphatic carbocycles. The number of nitrogens with zero attached hydrogens (tertiary/aromatic N) is 4. The molecule has 5 nitrogen and oxygen atoms in total. The standard InChI is InChI=1S/C20H22N4O/c1-3-15-11-16(4-5-18(15)21-10-1)19-13-24(23-22-19)12-17-6-9-20(14-25-17)7-2-8-20/h1,3-5,10-11,13,17H,2,6-9,12,14H2. The molecule has 1 spiro atoms. The number of fused-ring (bicyclic) bond motifs is 1. The number of aromatic nitrogens is 4. The first-order valence-corrected chi connectivity index (χ1v) is 9.17. The van der Waals surface area contributed by atoms with Gasteiger partial charge in [-0.25, -0.2) is 4.68 Å². The fourth-order valence-corrected chi connectivity index (χ4v) is 4.10. The number of benzene rings is 1. The van der Waals surface area contributed by atoms with Gasteiger partial charge in [0.1, 0.15) is 5.69 Å². The van der Waals surface area contributed by atoms with Crippen molar-refractivity contribution in [3.05, 3.63) is 42.7 Å². The lowest BCUT2D eigenvalue weighted by Gasteiger charge is -2.46. The molecule has 0 radical (unpaired) electrons. The third-order valence-electron chi connectivity index (χ3n) is 5.86. The van der Waals surface area contributed by atoms with Gasteiger partial charge >= 0.3 is 0 Å². The van der Waals surface area contributed by atoms with E-state index in [2.05, 4.69) is 33.5 Å². The Labute approximate surface area is 147 Å². The highest BCUT2D eigenvalue weighted by atomic mass is 16.5. The molecule has 2 fully saturated rings. The molecule has 1 aromatic carbocycles.